The van der Waals surface area contributed by atoms with E-state index in [1.165, 1.54) is 27.2 Å². The van der Waals surface area contributed by atoms with Gasteiger partial charge in [0.05, 0.1) is 40.2 Å². The largest absolute Gasteiger partial charge is 0.314 e. The first-order valence-electron chi connectivity index (χ1n) is 15.8. The second-order valence-corrected chi connectivity index (χ2v) is 11.6. The molecule has 0 bridgehead atoms. The number of hydrogen-bond acceptors (Lipinski definition) is 2. The molecule has 2 heterocycles. The number of hydrogen-bond donors (Lipinski definition) is 0. The number of aliphatic imine (C=N–C) groups is 2. The number of fused-ring (bicyclic) bond motifs is 4. The van der Waals surface area contributed by atoms with Crippen LogP contribution in [0.15, 0.2) is 180 Å². The molecular formula is C43H32N4. The van der Waals surface area contributed by atoms with Gasteiger partial charge in [0.25, 0.3) is 0 Å². The molecule has 0 fully saturated rings. The lowest BCUT2D eigenvalue weighted by Crippen LogP contribution is -2.00. The highest BCUT2D eigenvalue weighted by Crippen LogP contribution is 2.36. The molecule has 4 nitrogen and oxygen atoms in total. The van der Waals surface area contributed by atoms with Gasteiger partial charge < -0.3 is 9.13 Å². The number of rotatable bonds is 8. The molecule has 0 saturated carbocycles. The molecule has 2 aromatic heterocycles. The molecule has 8 rings (SSSR count). The fraction of sp³-hybridized carbons (Fsp3) is 0.0233. The van der Waals surface area contributed by atoms with Gasteiger partial charge >= 0.3 is 0 Å². The molecular weight excluding hydrogens is 573 g/mol. The Balaban J connectivity index is 1.25. The minimum Gasteiger partial charge on any atom is -0.314 e. The highest BCUT2D eigenvalue weighted by atomic mass is 15.1. The van der Waals surface area contributed by atoms with Gasteiger partial charge in [-0.25, -0.2) is 0 Å². The minimum atomic E-state index is 0.576. The Morgan fingerprint density at radius 3 is 1.83 bits per heavy atom. The number of allylic oxidation sites excluding steroid dienone is 1. The molecule has 6 aromatic carbocycles. The third-order valence-corrected chi connectivity index (χ3v) is 8.72. The molecule has 0 N–H and O–H groups in total. The summed E-state index contributed by atoms with van der Waals surface area (Å²) in [4.78, 5) is 9.53. The van der Waals surface area contributed by atoms with Crippen LogP contribution in [-0.2, 0) is 6.54 Å². The Labute approximate surface area is 273 Å². The molecule has 8 aromatic rings. The maximum absolute atomic E-state index is 5.03. The van der Waals surface area contributed by atoms with E-state index in [0.29, 0.717) is 6.54 Å². The van der Waals surface area contributed by atoms with Crippen molar-refractivity contribution in [2.24, 2.45) is 9.98 Å². The minimum absolute atomic E-state index is 0.576. The van der Waals surface area contributed by atoms with Crippen molar-refractivity contribution >= 4 is 50.8 Å². The predicted molar refractivity (Wildman–Crippen MR) is 198 cm³/mol. The SMILES string of the molecule is C=N/C(=C\C(=NCc1ccccc1)c1ccccc1)c1cccc(-n2cc(-n3c4ccccc4c4ccccc43)c3ccccc32)c1. The van der Waals surface area contributed by atoms with E-state index in [-0.39, 0.29) is 0 Å². The van der Waals surface area contributed by atoms with Crippen molar-refractivity contribution in [2.75, 3.05) is 0 Å². The van der Waals surface area contributed by atoms with Gasteiger partial charge in [0.15, 0.2) is 0 Å². The first-order valence-corrected chi connectivity index (χ1v) is 15.8. The summed E-state index contributed by atoms with van der Waals surface area (Å²) in [7, 11) is 0. The quantitative estimate of drug-likeness (QED) is 0.155. The molecule has 47 heavy (non-hydrogen) atoms. The van der Waals surface area contributed by atoms with Crippen molar-refractivity contribution in [3.63, 3.8) is 0 Å². The van der Waals surface area contributed by atoms with E-state index in [4.69, 9.17) is 4.99 Å². The van der Waals surface area contributed by atoms with E-state index >= 15 is 0 Å². The Morgan fingerprint density at radius 1 is 0.574 bits per heavy atom. The summed E-state index contributed by atoms with van der Waals surface area (Å²) in [6, 6.07) is 55.0. The Hall–Kier alpha value is -6.26. The topological polar surface area (TPSA) is 34.6 Å². The van der Waals surface area contributed by atoms with Crippen molar-refractivity contribution in [2.45, 2.75) is 6.54 Å². The molecule has 0 unspecified atom stereocenters. The van der Waals surface area contributed by atoms with E-state index in [0.717, 1.165) is 45.0 Å². The average molecular weight is 605 g/mol. The summed E-state index contributed by atoms with van der Waals surface area (Å²) in [5.41, 5.74) is 10.5. The van der Waals surface area contributed by atoms with Crippen molar-refractivity contribution in [1.29, 1.82) is 0 Å². The van der Waals surface area contributed by atoms with Crippen molar-refractivity contribution in [3.8, 4) is 11.4 Å². The molecule has 224 valence electrons. The zero-order valence-electron chi connectivity index (χ0n) is 25.9. The smallest absolute Gasteiger partial charge is 0.0721 e. The molecule has 0 radical (unpaired) electrons. The van der Waals surface area contributed by atoms with Crippen molar-refractivity contribution < 1.29 is 0 Å². The lowest BCUT2D eigenvalue weighted by molar-refractivity contribution is 1.07. The van der Waals surface area contributed by atoms with Crippen LogP contribution >= 0.6 is 0 Å². The molecule has 0 spiro atoms. The maximum atomic E-state index is 5.03. The maximum Gasteiger partial charge on any atom is 0.0721 e. The number of para-hydroxylation sites is 3. The van der Waals surface area contributed by atoms with E-state index in [1.807, 2.05) is 42.5 Å². The van der Waals surface area contributed by atoms with E-state index in [2.05, 4.69) is 148 Å². The number of aromatic nitrogens is 2. The fourth-order valence-electron chi connectivity index (χ4n) is 6.49. The average Bonchev–Trinajstić information content (AvgIpc) is 3.68. The highest BCUT2D eigenvalue weighted by Gasteiger charge is 2.17. The summed E-state index contributed by atoms with van der Waals surface area (Å²) in [6.07, 6.45) is 4.30. The molecule has 0 atom stereocenters. The van der Waals surface area contributed by atoms with E-state index in [1.54, 1.807) is 0 Å². The van der Waals surface area contributed by atoms with Crippen LogP contribution in [0, 0.1) is 0 Å². The Bertz CT molecular complexity index is 2390. The lowest BCUT2D eigenvalue weighted by atomic mass is 10.1. The summed E-state index contributed by atoms with van der Waals surface area (Å²) in [5.74, 6) is 0. The Kier molecular flexibility index (Phi) is 7.37. The molecule has 0 aliphatic heterocycles. The number of nitrogens with zero attached hydrogens (tertiary/aromatic N) is 4. The first kappa shape index (κ1) is 28.2. The molecule has 0 amide bonds. The summed E-state index contributed by atoms with van der Waals surface area (Å²) in [5, 5.41) is 3.68. The van der Waals surface area contributed by atoms with Gasteiger partial charge in [-0.05, 0) is 54.3 Å². The van der Waals surface area contributed by atoms with Gasteiger partial charge in [-0.2, -0.15) is 0 Å². The van der Waals surface area contributed by atoms with Gasteiger partial charge in [0, 0.05) is 33.6 Å². The van der Waals surface area contributed by atoms with Crippen LogP contribution in [-0.4, -0.2) is 21.6 Å². The lowest BCUT2D eigenvalue weighted by Gasteiger charge is -2.10. The Morgan fingerprint density at radius 2 is 1.15 bits per heavy atom. The van der Waals surface area contributed by atoms with Crippen molar-refractivity contribution in [1.82, 2.24) is 9.13 Å². The molecule has 0 aliphatic carbocycles. The third-order valence-electron chi connectivity index (χ3n) is 8.72. The third kappa shape index (κ3) is 5.26. The van der Waals surface area contributed by atoms with Crippen LogP contribution < -0.4 is 0 Å². The van der Waals surface area contributed by atoms with Crippen LogP contribution in [0.2, 0.25) is 0 Å². The van der Waals surface area contributed by atoms with Crippen molar-refractivity contribution in [3.05, 3.63) is 187 Å². The second kappa shape index (κ2) is 12.3. The highest BCUT2D eigenvalue weighted by molar-refractivity contribution is 6.12. The molecule has 0 saturated heterocycles. The second-order valence-electron chi connectivity index (χ2n) is 11.6. The van der Waals surface area contributed by atoms with Crippen LogP contribution in [0.4, 0.5) is 0 Å². The van der Waals surface area contributed by atoms with Gasteiger partial charge in [0.2, 0.25) is 0 Å². The summed E-state index contributed by atoms with van der Waals surface area (Å²) < 4.78 is 4.67. The van der Waals surface area contributed by atoms with Crippen LogP contribution in [0.25, 0.3) is 49.8 Å². The zero-order chi connectivity index (χ0) is 31.6. The van der Waals surface area contributed by atoms with E-state index < -0.39 is 0 Å². The van der Waals surface area contributed by atoms with E-state index in [9.17, 15) is 0 Å². The molecule has 4 heteroatoms. The predicted octanol–water partition coefficient (Wildman–Crippen LogP) is 10.5. The first-order chi connectivity index (χ1) is 23.3. The number of benzene rings is 6. The fourth-order valence-corrected chi connectivity index (χ4v) is 6.49. The summed E-state index contributed by atoms with van der Waals surface area (Å²) in [6.45, 7) is 4.54. The standard InChI is InChI=1S/C43H32N4/c1-44-38(28-39(32-17-6-3-7-18-32)45-29-31-15-4-2-5-16-31)33-19-14-20-34(27-33)46-30-43(37-23-10-11-24-40(37)46)47-41-25-12-8-21-35(41)36-22-9-13-26-42(36)47/h2-28,30H,1,29H2/b38-28-,45-39?. The van der Waals surface area contributed by atoms with Gasteiger partial charge in [0.1, 0.15) is 0 Å². The monoisotopic (exact) mass is 604 g/mol. The van der Waals surface area contributed by atoms with Crippen LogP contribution in [0.5, 0.6) is 0 Å². The van der Waals surface area contributed by atoms with Gasteiger partial charge in [-0.1, -0.05) is 127 Å². The summed E-state index contributed by atoms with van der Waals surface area (Å²) >= 11 is 0. The van der Waals surface area contributed by atoms with Crippen LogP contribution in [0.3, 0.4) is 0 Å². The van der Waals surface area contributed by atoms with Crippen LogP contribution in [0.1, 0.15) is 16.7 Å². The normalized spacial score (nSPS) is 12.3. The van der Waals surface area contributed by atoms with Gasteiger partial charge in [-0.3, -0.25) is 9.98 Å². The zero-order valence-corrected chi connectivity index (χ0v) is 25.9. The molecule has 0 aliphatic rings. The van der Waals surface area contributed by atoms with Gasteiger partial charge in [-0.15, -0.1) is 0 Å².